The number of anilines is 1. The smallest absolute Gasteiger partial charge is 0.238 e. The maximum absolute atomic E-state index is 5.76. The van der Waals surface area contributed by atoms with Crippen LogP contribution in [-0.2, 0) is 4.74 Å². The van der Waals surface area contributed by atoms with E-state index in [0.29, 0.717) is 16.7 Å². The number of nitrogens with two attached hydrogens (primary N) is 1. The number of hydrogen-bond donors (Lipinski definition) is 1. The number of pyridine rings is 1. The number of rotatable bonds is 2. The summed E-state index contributed by atoms with van der Waals surface area (Å²) in [6.45, 7) is 1.45. The summed E-state index contributed by atoms with van der Waals surface area (Å²) in [7, 11) is 0. The van der Waals surface area contributed by atoms with Crippen molar-refractivity contribution in [1.29, 1.82) is 0 Å². The second-order valence-corrected chi connectivity index (χ2v) is 3.85. The summed E-state index contributed by atoms with van der Waals surface area (Å²) in [5.74, 6) is 0.425. The van der Waals surface area contributed by atoms with E-state index in [-0.39, 0.29) is 6.10 Å². The Bertz CT molecular complexity index is 340. The standard InChI is InChI=1S/C10H13ClN2O2/c11-9-2-1-8(12)10(13-9)15-7-3-5-14-6-4-7/h1-2,7H,3-6,12H2. The van der Waals surface area contributed by atoms with E-state index in [1.54, 1.807) is 12.1 Å². The van der Waals surface area contributed by atoms with Crippen LogP contribution >= 0.6 is 11.6 Å². The van der Waals surface area contributed by atoms with Gasteiger partial charge in [0.05, 0.1) is 18.9 Å². The molecule has 1 aliphatic rings. The second kappa shape index (κ2) is 4.68. The lowest BCUT2D eigenvalue weighted by Gasteiger charge is -2.23. The number of nitrogens with zero attached hydrogens (tertiary/aromatic N) is 1. The molecule has 0 unspecified atom stereocenters. The van der Waals surface area contributed by atoms with Gasteiger partial charge < -0.3 is 15.2 Å². The fourth-order valence-corrected chi connectivity index (χ4v) is 1.61. The van der Waals surface area contributed by atoms with Crippen LogP contribution in [0, 0.1) is 0 Å². The molecule has 0 saturated carbocycles. The zero-order chi connectivity index (χ0) is 10.7. The number of nitrogen functional groups attached to an aromatic ring is 1. The van der Waals surface area contributed by atoms with E-state index < -0.39 is 0 Å². The van der Waals surface area contributed by atoms with Gasteiger partial charge in [-0.3, -0.25) is 0 Å². The Hall–Kier alpha value is -1.00. The van der Waals surface area contributed by atoms with E-state index in [1.807, 2.05) is 0 Å². The van der Waals surface area contributed by atoms with E-state index in [0.717, 1.165) is 26.1 Å². The minimum atomic E-state index is 0.131. The number of ether oxygens (including phenoxy) is 2. The van der Waals surface area contributed by atoms with Crippen molar-refractivity contribution >= 4 is 17.3 Å². The molecule has 0 aromatic carbocycles. The summed E-state index contributed by atoms with van der Waals surface area (Å²) in [6.07, 6.45) is 1.87. The molecule has 1 saturated heterocycles. The van der Waals surface area contributed by atoms with Gasteiger partial charge in [-0.25, -0.2) is 0 Å². The van der Waals surface area contributed by atoms with Gasteiger partial charge in [0.1, 0.15) is 11.3 Å². The molecule has 0 amide bonds. The van der Waals surface area contributed by atoms with Gasteiger partial charge in [0.15, 0.2) is 0 Å². The first-order valence-electron chi connectivity index (χ1n) is 4.92. The molecule has 15 heavy (non-hydrogen) atoms. The molecule has 2 N–H and O–H groups in total. The summed E-state index contributed by atoms with van der Waals surface area (Å²) in [4.78, 5) is 4.04. The van der Waals surface area contributed by atoms with Gasteiger partial charge in [0.25, 0.3) is 0 Å². The highest BCUT2D eigenvalue weighted by Gasteiger charge is 2.17. The third kappa shape index (κ3) is 2.73. The monoisotopic (exact) mass is 228 g/mol. The van der Waals surface area contributed by atoms with Gasteiger partial charge in [-0.05, 0) is 12.1 Å². The summed E-state index contributed by atoms with van der Waals surface area (Å²) in [6, 6.07) is 3.34. The molecule has 1 aliphatic heterocycles. The lowest BCUT2D eigenvalue weighted by atomic mass is 10.1. The zero-order valence-corrected chi connectivity index (χ0v) is 9.04. The molecule has 1 fully saturated rings. The molecular formula is C10H13ClN2O2. The van der Waals surface area contributed by atoms with Crippen molar-refractivity contribution in [3.63, 3.8) is 0 Å². The topological polar surface area (TPSA) is 57.4 Å². The molecule has 0 bridgehead atoms. The first-order valence-corrected chi connectivity index (χ1v) is 5.30. The Morgan fingerprint density at radius 2 is 2.13 bits per heavy atom. The first kappa shape index (κ1) is 10.5. The van der Waals surface area contributed by atoms with Gasteiger partial charge in [-0.1, -0.05) is 11.6 Å². The van der Waals surface area contributed by atoms with Gasteiger partial charge in [-0.15, -0.1) is 0 Å². The van der Waals surface area contributed by atoms with E-state index in [2.05, 4.69) is 4.98 Å². The first-order chi connectivity index (χ1) is 7.25. The summed E-state index contributed by atoms with van der Waals surface area (Å²) in [5, 5.41) is 0.395. The van der Waals surface area contributed by atoms with Gasteiger partial charge in [0, 0.05) is 12.8 Å². The fourth-order valence-electron chi connectivity index (χ4n) is 1.47. The summed E-state index contributed by atoms with van der Waals surface area (Å²) >= 11 is 5.76. The second-order valence-electron chi connectivity index (χ2n) is 3.46. The quantitative estimate of drug-likeness (QED) is 0.786. The Kier molecular flexibility index (Phi) is 3.28. The molecule has 1 aromatic rings. The van der Waals surface area contributed by atoms with E-state index in [4.69, 9.17) is 26.8 Å². The summed E-state index contributed by atoms with van der Waals surface area (Å²) in [5.41, 5.74) is 6.25. The van der Waals surface area contributed by atoms with Crippen LogP contribution in [0.2, 0.25) is 5.15 Å². The van der Waals surface area contributed by atoms with Crippen molar-refractivity contribution in [2.75, 3.05) is 18.9 Å². The molecule has 82 valence electrons. The highest BCUT2D eigenvalue weighted by Crippen LogP contribution is 2.24. The van der Waals surface area contributed by atoms with E-state index >= 15 is 0 Å². The van der Waals surface area contributed by atoms with Crippen molar-refractivity contribution in [2.45, 2.75) is 18.9 Å². The maximum atomic E-state index is 5.76. The molecule has 0 spiro atoms. The maximum Gasteiger partial charge on any atom is 0.238 e. The largest absolute Gasteiger partial charge is 0.473 e. The predicted molar refractivity (Wildman–Crippen MR) is 58.1 cm³/mol. The molecular weight excluding hydrogens is 216 g/mol. The van der Waals surface area contributed by atoms with Crippen molar-refractivity contribution < 1.29 is 9.47 Å². The van der Waals surface area contributed by atoms with Crippen LogP contribution in [-0.4, -0.2) is 24.3 Å². The molecule has 0 atom stereocenters. The lowest BCUT2D eigenvalue weighted by Crippen LogP contribution is -2.26. The molecule has 4 nitrogen and oxygen atoms in total. The van der Waals surface area contributed by atoms with Crippen LogP contribution in [0.1, 0.15) is 12.8 Å². The van der Waals surface area contributed by atoms with Gasteiger partial charge in [-0.2, -0.15) is 4.98 Å². The van der Waals surface area contributed by atoms with Gasteiger partial charge in [0.2, 0.25) is 5.88 Å². The van der Waals surface area contributed by atoms with Crippen molar-refractivity contribution in [2.24, 2.45) is 0 Å². The fraction of sp³-hybridized carbons (Fsp3) is 0.500. The molecule has 2 rings (SSSR count). The normalized spacial score (nSPS) is 17.7. The third-order valence-corrected chi connectivity index (χ3v) is 2.51. The molecule has 0 aliphatic carbocycles. The average molecular weight is 229 g/mol. The van der Waals surface area contributed by atoms with Crippen LogP contribution < -0.4 is 10.5 Å². The zero-order valence-electron chi connectivity index (χ0n) is 8.28. The molecule has 0 radical (unpaired) electrons. The Balaban J connectivity index is 2.05. The SMILES string of the molecule is Nc1ccc(Cl)nc1OC1CCOCC1. The van der Waals surface area contributed by atoms with Crippen LogP contribution in [0.4, 0.5) is 5.69 Å². The third-order valence-electron chi connectivity index (χ3n) is 2.30. The Morgan fingerprint density at radius 1 is 1.40 bits per heavy atom. The van der Waals surface area contributed by atoms with E-state index in [1.165, 1.54) is 0 Å². The van der Waals surface area contributed by atoms with Crippen LogP contribution in [0.3, 0.4) is 0 Å². The predicted octanol–water partition coefficient (Wildman–Crippen LogP) is 1.88. The van der Waals surface area contributed by atoms with Crippen molar-refractivity contribution in [1.82, 2.24) is 4.98 Å². The highest BCUT2D eigenvalue weighted by molar-refractivity contribution is 6.29. The Morgan fingerprint density at radius 3 is 2.87 bits per heavy atom. The summed E-state index contributed by atoms with van der Waals surface area (Å²) < 4.78 is 10.9. The van der Waals surface area contributed by atoms with Gasteiger partial charge >= 0.3 is 0 Å². The molecule has 1 aromatic heterocycles. The van der Waals surface area contributed by atoms with Crippen molar-refractivity contribution in [3.8, 4) is 5.88 Å². The minimum absolute atomic E-state index is 0.131. The van der Waals surface area contributed by atoms with Crippen molar-refractivity contribution in [3.05, 3.63) is 17.3 Å². The van der Waals surface area contributed by atoms with Crippen LogP contribution in [0.25, 0.3) is 0 Å². The lowest BCUT2D eigenvalue weighted by molar-refractivity contribution is 0.0241. The Labute approximate surface area is 93.3 Å². The minimum Gasteiger partial charge on any atom is -0.473 e. The van der Waals surface area contributed by atoms with Crippen LogP contribution in [0.15, 0.2) is 12.1 Å². The molecule has 5 heteroatoms. The van der Waals surface area contributed by atoms with E-state index in [9.17, 15) is 0 Å². The molecule has 2 heterocycles. The average Bonchev–Trinajstić information content (AvgIpc) is 2.25. The number of hydrogen-bond acceptors (Lipinski definition) is 4. The number of halogens is 1. The highest BCUT2D eigenvalue weighted by atomic mass is 35.5. The van der Waals surface area contributed by atoms with Crippen LogP contribution in [0.5, 0.6) is 5.88 Å². The number of aromatic nitrogens is 1.